The molecular weight excluding hydrogens is 923 g/mol. The fraction of sp³-hybridized carbons (Fsp3) is 0.400. The lowest BCUT2D eigenvalue weighted by molar-refractivity contribution is -0.144. The molecule has 368 valence electrons. The Kier molecular flexibility index (Phi) is 15.4. The first-order valence-electron chi connectivity index (χ1n) is 24.1. The maximum absolute atomic E-state index is 14.4. The van der Waals surface area contributed by atoms with Crippen molar-refractivity contribution in [1.29, 1.82) is 0 Å². The third-order valence-electron chi connectivity index (χ3n) is 13.7. The number of hydrogen-bond donors (Lipinski definition) is 5. The number of aliphatic hydroxyl groups excluding tert-OH is 1. The largest absolute Gasteiger partial charge is 0.508 e. The van der Waals surface area contributed by atoms with Crippen molar-refractivity contribution in [2.75, 3.05) is 32.8 Å². The number of ether oxygens (including phenoxy) is 1. The number of thiazole rings is 1. The number of ketones is 1. The summed E-state index contributed by atoms with van der Waals surface area (Å²) in [7, 11) is 0. The highest BCUT2D eigenvalue weighted by Crippen LogP contribution is 2.42. The second kappa shape index (κ2) is 21.5. The molecule has 13 nitrogen and oxygen atoms in total. The number of carbonyl (C=O) groups excluding carboxylic acids is 4. The predicted molar refractivity (Wildman–Crippen MR) is 275 cm³/mol. The van der Waals surface area contributed by atoms with Gasteiger partial charge < -0.3 is 35.6 Å². The molecule has 0 spiro atoms. The number of likely N-dealkylation sites (N-methyl/N-ethyl adjacent to an activating group) is 1. The molecule has 3 amide bonds. The number of aliphatic hydroxyl groups is 1. The Balaban J connectivity index is 0.826. The van der Waals surface area contributed by atoms with Crippen molar-refractivity contribution < 1.29 is 39.2 Å². The summed E-state index contributed by atoms with van der Waals surface area (Å²) in [4.78, 5) is 66.2. The van der Waals surface area contributed by atoms with Crippen LogP contribution in [0.3, 0.4) is 0 Å². The number of nitrogens with zero attached hydrogens (tertiary/aromatic N) is 3. The number of nitrogens with one attached hydrogen (secondary N) is 2. The summed E-state index contributed by atoms with van der Waals surface area (Å²) in [5, 5.41) is 37.7. The minimum atomic E-state index is -0.898. The molecule has 3 heterocycles. The van der Waals surface area contributed by atoms with Crippen LogP contribution in [-0.2, 0) is 14.4 Å². The molecule has 0 radical (unpaired) electrons. The van der Waals surface area contributed by atoms with Crippen LogP contribution in [0, 0.1) is 24.2 Å². The van der Waals surface area contributed by atoms with Crippen molar-refractivity contribution >= 4 is 56.3 Å². The highest BCUT2D eigenvalue weighted by atomic mass is 32.1. The standard InChI is InChI=1S/C55H63N5O8S2/c1-7-59(24-25-68-43-21-16-36(17-22-43)48(64)47-44-23-20-41(62)28-46(44)70-50(47)38-14-18-40(61)19-15-38)29-34-8-9-39(26-34)52(65)58-51(55(4,5)6)54(67)60-30-42(63)27-45(60)53(66)57-32(2)35-10-12-37(13-11-35)49-33(3)56-31-69-49/h10-23,28,31-32,34,39,42,45,51,61-63H,7-9,24-27,29-30H2,1-6H3,(H,57,66)(H,58,65)/t32-,34?,39?,42+,45-,51+/m0/s1. The molecule has 8 rings (SSSR count). The Morgan fingerprint density at radius 1 is 0.871 bits per heavy atom. The van der Waals surface area contributed by atoms with Gasteiger partial charge in [0.15, 0.2) is 5.78 Å². The van der Waals surface area contributed by atoms with Crippen molar-refractivity contribution in [2.45, 2.75) is 91.5 Å². The minimum absolute atomic E-state index is 0.00794. The number of aromatic nitrogens is 1. The first kappa shape index (κ1) is 50.3. The molecule has 6 aromatic rings. The summed E-state index contributed by atoms with van der Waals surface area (Å²) in [5.74, 6) is -0.124. The normalized spacial score (nSPS) is 19.1. The zero-order chi connectivity index (χ0) is 49.9. The van der Waals surface area contributed by atoms with Crippen LogP contribution in [-0.4, -0.2) is 105 Å². The SMILES string of the molecule is CCN(CCOc1ccc(C(=O)c2c(-c3ccc(O)cc3)sc3cc(O)ccc23)cc1)CC1CCC(C(=O)N[C@H](C(=O)N2C[C@H](O)C[C@H]2C(=O)N[C@@H](C)c2ccc(-c3scnc3C)cc2)C(C)(C)C)C1. The van der Waals surface area contributed by atoms with E-state index in [0.717, 1.165) is 61.7 Å². The predicted octanol–water partition coefficient (Wildman–Crippen LogP) is 9.13. The van der Waals surface area contributed by atoms with Crippen LogP contribution in [0.5, 0.6) is 17.2 Å². The number of aryl methyl sites for hydroxylation is 1. The molecule has 15 heteroatoms. The average Bonchev–Trinajstić information content (AvgIpc) is 4.16. The number of benzene rings is 4. The fourth-order valence-electron chi connectivity index (χ4n) is 9.76. The highest BCUT2D eigenvalue weighted by Gasteiger charge is 2.45. The van der Waals surface area contributed by atoms with Gasteiger partial charge in [-0.1, -0.05) is 52.0 Å². The van der Waals surface area contributed by atoms with Gasteiger partial charge in [0.1, 0.15) is 35.9 Å². The van der Waals surface area contributed by atoms with Gasteiger partial charge in [0.05, 0.1) is 28.2 Å². The molecule has 2 aliphatic rings. The molecule has 4 aromatic carbocycles. The zero-order valence-corrected chi connectivity index (χ0v) is 42.2. The molecule has 1 saturated heterocycles. The van der Waals surface area contributed by atoms with Crippen LogP contribution in [0.2, 0.25) is 0 Å². The van der Waals surface area contributed by atoms with Gasteiger partial charge in [-0.25, -0.2) is 4.98 Å². The number of likely N-dealkylation sites (tertiary alicyclic amines) is 1. The summed E-state index contributed by atoms with van der Waals surface area (Å²) in [6.07, 6.45) is 1.52. The number of rotatable bonds is 17. The van der Waals surface area contributed by atoms with Crippen molar-refractivity contribution in [3.63, 3.8) is 0 Å². The van der Waals surface area contributed by atoms with E-state index < -0.39 is 23.6 Å². The van der Waals surface area contributed by atoms with E-state index in [1.807, 2.05) is 64.4 Å². The zero-order valence-electron chi connectivity index (χ0n) is 40.6. The van der Waals surface area contributed by atoms with Crippen LogP contribution in [0.25, 0.3) is 31.0 Å². The number of aromatic hydroxyl groups is 2. The van der Waals surface area contributed by atoms with Gasteiger partial charge in [0.2, 0.25) is 17.7 Å². The third-order valence-corrected chi connectivity index (χ3v) is 15.9. The quantitative estimate of drug-likeness (QED) is 0.0553. The molecule has 1 aliphatic carbocycles. The van der Waals surface area contributed by atoms with E-state index in [1.165, 1.54) is 16.2 Å². The van der Waals surface area contributed by atoms with E-state index in [0.29, 0.717) is 42.9 Å². The number of phenols is 2. The Labute approximate surface area is 417 Å². The van der Waals surface area contributed by atoms with Gasteiger partial charge in [0.25, 0.3) is 0 Å². The molecule has 0 bridgehead atoms. The molecule has 5 N–H and O–H groups in total. The maximum Gasteiger partial charge on any atom is 0.246 e. The van der Waals surface area contributed by atoms with Crippen LogP contribution in [0.15, 0.2) is 96.5 Å². The van der Waals surface area contributed by atoms with Gasteiger partial charge in [-0.15, -0.1) is 22.7 Å². The van der Waals surface area contributed by atoms with Gasteiger partial charge in [-0.05, 0) is 134 Å². The summed E-state index contributed by atoms with van der Waals surface area (Å²) >= 11 is 3.00. The van der Waals surface area contributed by atoms with Crippen LogP contribution in [0.1, 0.15) is 93.5 Å². The monoisotopic (exact) mass is 985 g/mol. The molecule has 2 fully saturated rings. The Bertz CT molecular complexity index is 2820. The molecule has 6 atom stereocenters. The second-order valence-electron chi connectivity index (χ2n) is 19.8. The number of phenolic OH excluding ortho intramolecular Hbond substituents is 2. The van der Waals surface area contributed by atoms with E-state index in [4.69, 9.17) is 4.74 Å². The topological polar surface area (TPSA) is 182 Å². The summed E-state index contributed by atoms with van der Waals surface area (Å²) < 4.78 is 6.94. The van der Waals surface area contributed by atoms with E-state index in [1.54, 1.807) is 78.1 Å². The molecule has 2 aromatic heterocycles. The average molecular weight is 986 g/mol. The lowest BCUT2D eigenvalue weighted by atomic mass is 9.85. The summed E-state index contributed by atoms with van der Waals surface area (Å²) in [5.41, 5.74) is 5.93. The number of thiophene rings is 1. The number of hydrogen-bond acceptors (Lipinski definition) is 12. The van der Waals surface area contributed by atoms with Crippen LogP contribution < -0.4 is 15.4 Å². The van der Waals surface area contributed by atoms with Gasteiger partial charge >= 0.3 is 0 Å². The molecule has 1 aliphatic heterocycles. The van der Waals surface area contributed by atoms with Crippen molar-refractivity contribution in [2.24, 2.45) is 17.3 Å². The number of β-amino-alcohol motifs (C(OH)–C–C–N with tert-alkyl or cyclic N) is 1. The summed E-state index contributed by atoms with van der Waals surface area (Å²) in [6, 6.07) is 24.7. The molecule has 1 saturated carbocycles. The minimum Gasteiger partial charge on any atom is -0.508 e. The van der Waals surface area contributed by atoms with E-state index in [-0.39, 0.29) is 65.8 Å². The molecule has 70 heavy (non-hydrogen) atoms. The molecule has 2 unspecified atom stereocenters. The van der Waals surface area contributed by atoms with E-state index >= 15 is 0 Å². The number of carbonyl (C=O) groups is 4. The maximum atomic E-state index is 14.4. The lowest BCUT2D eigenvalue weighted by Gasteiger charge is -2.36. The van der Waals surface area contributed by atoms with Crippen molar-refractivity contribution in [3.05, 3.63) is 119 Å². The first-order chi connectivity index (χ1) is 33.5. The first-order valence-corrected chi connectivity index (χ1v) is 25.8. The Hall–Kier alpha value is -6.13. The number of fused-ring (bicyclic) bond motifs is 1. The highest BCUT2D eigenvalue weighted by molar-refractivity contribution is 7.22. The Morgan fingerprint density at radius 2 is 1.56 bits per heavy atom. The van der Waals surface area contributed by atoms with Gasteiger partial charge in [-0.3, -0.25) is 24.1 Å². The van der Waals surface area contributed by atoms with Crippen molar-refractivity contribution in [3.8, 4) is 38.1 Å². The van der Waals surface area contributed by atoms with E-state index in [9.17, 15) is 34.5 Å². The third kappa shape index (κ3) is 11.4. The van der Waals surface area contributed by atoms with Gasteiger partial charge in [0, 0.05) is 58.1 Å². The summed E-state index contributed by atoms with van der Waals surface area (Å²) in [6.45, 7) is 14.4. The van der Waals surface area contributed by atoms with E-state index in [2.05, 4.69) is 27.4 Å². The van der Waals surface area contributed by atoms with Crippen LogP contribution in [0.4, 0.5) is 0 Å². The Morgan fingerprint density at radius 3 is 2.23 bits per heavy atom. The van der Waals surface area contributed by atoms with Crippen LogP contribution >= 0.6 is 22.7 Å². The number of amides is 3. The molecular formula is C55H63N5O8S2. The van der Waals surface area contributed by atoms with Crippen molar-refractivity contribution in [1.82, 2.24) is 25.4 Å². The fourth-order valence-corrected chi connectivity index (χ4v) is 11.8. The smallest absolute Gasteiger partial charge is 0.246 e. The van der Waals surface area contributed by atoms with Gasteiger partial charge in [-0.2, -0.15) is 0 Å². The lowest BCUT2D eigenvalue weighted by Crippen LogP contribution is -2.58. The second-order valence-corrected chi connectivity index (χ2v) is 21.7.